The summed E-state index contributed by atoms with van der Waals surface area (Å²) in [4.78, 5) is 37.3. The van der Waals surface area contributed by atoms with Crippen LogP contribution >= 0.6 is 0 Å². The van der Waals surface area contributed by atoms with Gasteiger partial charge in [-0.05, 0) is 30.5 Å². The number of likely N-dealkylation sites (tertiary alicyclic amines) is 1. The van der Waals surface area contributed by atoms with Gasteiger partial charge in [-0.25, -0.2) is 4.39 Å². The molecular formula is C19H21FN4O3. The molecule has 27 heavy (non-hydrogen) atoms. The van der Waals surface area contributed by atoms with E-state index in [0.29, 0.717) is 18.7 Å². The Morgan fingerprint density at radius 2 is 2.07 bits per heavy atom. The summed E-state index contributed by atoms with van der Waals surface area (Å²) in [6, 6.07) is 8.29. The van der Waals surface area contributed by atoms with Gasteiger partial charge in [0.15, 0.2) is 0 Å². The number of benzene rings is 1. The van der Waals surface area contributed by atoms with Crippen molar-refractivity contribution in [2.45, 2.75) is 19.4 Å². The Kier molecular flexibility index (Phi) is 5.36. The molecular weight excluding hydrogens is 351 g/mol. The SMILES string of the molecule is CC1CC(C(N)=O)N(CC(=O)Nc2ccc(-n3ccccc3=O)cc2F)C1. The van der Waals surface area contributed by atoms with Gasteiger partial charge < -0.3 is 11.1 Å². The van der Waals surface area contributed by atoms with Crippen molar-refractivity contribution in [1.82, 2.24) is 9.47 Å². The topological polar surface area (TPSA) is 97.4 Å². The first-order valence-corrected chi connectivity index (χ1v) is 8.66. The fourth-order valence-electron chi connectivity index (χ4n) is 3.37. The lowest BCUT2D eigenvalue weighted by molar-refractivity contribution is -0.123. The Labute approximate surface area is 155 Å². The van der Waals surface area contributed by atoms with E-state index in [1.165, 1.54) is 29.0 Å². The summed E-state index contributed by atoms with van der Waals surface area (Å²) in [7, 11) is 0. The van der Waals surface area contributed by atoms with E-state index >= 15 is 0 Å². The number of nitrogens with one attached hydrogen (secondary N) is 1. The molecule has 2 aromatic rings. The van der Waals surface area contributed by atoms with Crippen LogP contribution in [0, 0.1) is 11.7 Å². The van der Waals surface area contributed by atoms with Crippen LogP contribution in [-0.2, 0) is 9.59 Å². The molecule has 3 N–H and O–H groups in total. The van der Waals surface area contributed by atoms with Gasteiger partial charge in [-0.1, -0.05) is 13.0 Å². The number of pyridine rings is 1. The lowest BCUT2D eigenvalue weighted by Crippen LogP contribution is -2.43. The molecule has 0 aliphatic carbocycles. The normalized spacial score (nSPS) is 19.8. The number of rotatable bonds is 5. The van der Waals surface area contributed by atoms with Crippen LogP contribution in [0.2, 0.25) is 0 Å². The maximum atomic E-state index is 14.4. The van der Waals surface area contributed by atoms with Crippen LogP contribution in [0.1, 0.15) is 13.3 Å². The van der Waals surface area contributed by atoms with E-state index < -0.39 is 23.7 Å². The number of halogens is 1. The summed E-state index contributed by atoms with van der Waals surface area (Å²) in [5.74, 6) is -1.29. The van der Waals surface area contributed by atoms with Crippen LogP contribution < -0.4 is 16.6 Å². The van der Waals surface area contributed by atoms with Crippen LogP contribution in [0.25, 0.3) is 5.69 Å². The van der Waals surface area contributed by atoms with E-state index in [4.69, 9.17) is 5.73 Å². The minimum absolute atomic E-state index is 0.00982. The molecule has 2 heterocycles. The zero-order valence-corrected chi connectivity index (χ0v) is 14.9. The number of carbonyl (C=O) groups is 2. The summed E-state index contributed by atoms with van der Waals surface area (Å²) in [6.07, 6.45) is 2.14. The molecule has 1 aromatic carbocycles. The first-order chi connectivity index (χ1) is 12.8. The van der Waals surface area contributed by atoms with Crippen LogP contribution in [-0.4, -0.2) is 40.4 Å². The van der Waals surface area contributed by atoms with Crippen LogP contribution in [0.4, 0.5) is 10.1 Å². The number of carbonyl (C=O) groups excluding carboxylic acids is 2. The van der Waals surface area contributed by atoms with Gasteiger partial charge in [0.1, 0.15) is 5.82 Å². The van der Waals surface area contributed by atoms with Crippen molar-refractivity contribution in [1.29, 1.82) is 0 Å². The Bertz CT molecular complexity index is 927. The highest BCUT2D eigenvalue weighted by Crippen LogP contribution is 2.23. The number of nitrogens with two attached hydrogens (primary N) is 1. The molecule has 2 amide bonds. The molecule has 3 rings (SSSR count). The molecule has 0 radical (unpaired) electrons. The molecule has 0 saturated carbocycles. The van der Waals surface area contributed by atoms with E-state index in [0.717, 1.165) is 0 Å². The van der Waals surface area contributed by atoms with Crippen molar-refractivity contribution in [3.8, 4) is 5.69 Å². The molecule has 2 atom stereocenters. The van der Waals surface area contributed by atoms with Crippen molar-refractivity contribution in [2.75, 3.05) is 18.4 Å². The molecule has 2 unspecified atom stereocenters. The predicted octanol–water partition coefficient (Wildman–Crippen LogP) is 1.11. The fourth-order valence-corrected chi connectivity index (χ4v) is 3.37. The number of aromatic nitrogens is 1. The third-order valence-electron chi connectivity index (χ3n) is 4.62. The summed E-state index contributed by atoms with van der Waals surface area (Å²) >= 11 is 0. The number of amides is 2. The van der Waals surface area contributed by atoms with Gasteiger partial charge in [-0.15, -0.1) is 0 Å². The Balaban J connectivity index is 1.71. The monoisotopic (exact) mass is 372 g/mol. The van der Waals surface area contributed by atoms with Crippen molar-refractivity contribution in [3.05, 3.63) is 58.8 Å². The van der Waals surface area contributed by atoms with Crippen molar-refractivity contribution in [2.24, 2.45) is 11.7 Å². The minimum Gasteiger partial charge on any atom is -0.368 e. The lowest BCUT2D eigenvalue weighted by Gasteiger charge is -2.21. The van der Waals surface area contributed by atoms with Crippen molar-refractivity contribution in [3.63, 3.8) is 0 Å². The van der Waals surface area contributed by atoms with Crippen molar-refractivity contribution >= 4 is 17.5 Å². The number of hydrogen-bond acceptors (Lipinski definition) is 4. The maximum absolute atomic E-state index is 14.4. The second kappa shape index (κ2) is 7.71. The zero-order chi connectivity index (χ0) is 19.6. The predicted molar refractivity (Wildman–Crippen MR) is 99.0 cm³/mol. The van der Waals surface area contributed by atoms with Gasteiger partial charge >= 0.3 is 0 Å². The van der Waals surface area contributed by atoms with Gasteiger partial charge in [0.05, 0.1) is 24.0 Å². The largest absolute Gasteiger partial charge is 0.368 e. The number of nitrogens with zero attached hydrogens (tertiary/aromatic N) is 2. The Morgan fingerprint density at radius 3 is 2.74 bits per heavy atom. The van der Waals surface area contributed by atoms with Gasteiger partial charge in [-0.3, -0.25) is 23.9 Å². The number of primary amides is 1. The smallest absolute Gasteiger partial charge is 0.255 e. The summed E-state index contributed by atoms with van der Waals surface area (Å²) in [5.41, 5.74) is 5.47. The number of anilines is 1. The highest BCUT2D eigenvalue weighted by atomic mass is 19.1. The third-order valence-corrected chi connectivity index (χ3v) is 4.62. The molecule has 0 bridgehead atoms. The van der Waals surface area contributed by atoms with E-state index in [-0.39, 0.29) is 23.7 Å². The summed E-state index contributed by atoms with van der Waals surface area (Å²) < 4.78 is 15.7. The quantitative estimate of drug-likeness (QED) is 0.822. The van der Waals surface area contributed by atoms with Gasteiger partial charge in [-0.2, -0.15) is 0 Å². The molecule has 1 saturated heterocycles. The average Bonchev–Trinajstić information content (AvgIpc) is 2.97. The van der Waals surface area contributed by atoms with E-state index in [9.17, 15) is 18.8 Å². The molecule has 1 aliphatic rings. The maximum Gasteiger partial charge on any atom is 0.255 e. The molecule has 7 nitrogen and oxygen atoms in total. The molecule has 1 aromatic heterocycles. The second-order valence-electron chi connectivity index (χ2n) is 6.81. The van der Waals surface area contributed by atoms with E-state index in [1.807, 2.05) is 6.92 Å². The molecule has 142 valence electrons. The second-order valence-corrected chi connectivity index (χ2v) is 6.81. The third kappa shape index (κ3) is 4.22. The van der Waals surface area contributed by atoms with Gasteiger partial charge in [0, 0.05) is 24.9 Å². The first-order valence-electron chi connectivity index (χ1n) is 8.66. The standard InChI is InChI=1S/C19H21FN4O3/c1-12-8-16(19(21)27)23(10-12)11-17(25)22-15-6-5-13(9-14(15)20)24-7-3-2-4-18(24)26/h2-7,9,12,16H,8,10-11H2,1H3,(H2,21,27)(H,22,25). The zero-order valence-electron chi connectivity index (χ0n) is 14.9. The van der Waals surface area contributed by atoms with Crippen LogP contribution in [0.3, 0.4) is 0 Å². The number of hydrogen-bond donors (Lipinski definition) is 2. The Hall–Kier alpha value is -3.00. The molecule has 1 aliphatic heterocycles. The lowest BCUT2D eigenvalue weighted by atomic mass is 10.1. The summed E-state index contributed by atoms with van der Waals surface area (Å²) in [5, 5.41) is 2.51. The molecule has 0 spiro atoms. The first kappa shape index (κ1) is 18.8. The van der Waals surface area contributed by atoms with Crippen LogP contribution in [0.15, 0.2) is 47.4 Å². The van der Waals surface area contributed by atoms with Gasteiger partial charge in [0.25, 0.3) is 5.56 Å². The summed E-state index contributed by atoms with van der Waals surface area (Å²) in [6.45, 7) is 2.52. The van der Waals surface area contributed by atoms with Crippen molar-refractivity contribution < 1.29 is 14.0 Å². The minimum atomic E-state index is -0.655. The highest BCUT2D eigenvalue weighted by molar-refractivity contribution is 5.93. The highest BCUT2D eigenvalue weighted by Gasteiger charge is 2.34. The van der Waals surface area contributed by atoms with Gasteiger partial charge in [0.2, 0.25) is 11.8 Å². The Morgan fingerprint density at radius 1 is 1.30 bits per heavy atom. The average molecular weight is 372 g/mol. The fraction of sp³-hybridized carbons (Fsp3) is 0.316. The van der Waals surface area contributed by atoms with E-state index in [2.05, 4.69) is 5.32 Å². The molecule has 8 heteroatoms. The van der Waals surface area contributed by atoms with Crippen LogP contribution in [0.5, 0.6) is 0 Å². The van der Waals surface area contributed by atoms with E-state index in [1.54, 1.807) is 23.1 Å². The molecule has 1 fully saturated rings.